The molecule has 4 rings (SSSR count). The molecule has 0 unspecified atom stereocenters. The Morgan fingerprint density at radius 1 is 0.920 bits per heavy atom. The van der Waals surface area contributed by atoms with E-state index < -0.39 is 10.1 Å². The molecule has 0 saturated heterocycles. The summed E-state index contributed by atoms with van der Waals surface area (Å²) in [6, 6.07) is 7.41. The highest BCUT2D eigenvalue weighted by molar-refractivity contribution is 7.85. The van der Waals surface area contributed by atoms with Crippen LogP contribution in [0.5, 0.6) is 0 Å². The van der Waals surface area contributed by atoms with E-state index in [1.165, 1.54) is 17.4 Å². The average Bonchev–Trinajstić information content (AvgIpc) is 3.07. The Morgan fingerprint density at radius 2 is 1.56 bits per heavy atom. The molecule has 0 spiro atoms. The van der Waals surface area contributed by atoms with Gasteiger partial charge in [0.25, 0.3) is 10.1 Å². The van der Waals surface area contributed by atoms with Gasteiger partial charge in [0.15, 0.2) is 0 Å². The number of rotatable bonds is 2. The number of nitrogens with zero attached hydrogens (tertiary/aromatic N) is 2. The summed E-state index contributed by atoms with van der Waals surface area (Å²) in [7, 11) is -4.28. The van der Waals surface area contributed by atoms with Crippen LogP contribution in [-0.4, -0.2) is 22.9 Å². The van der Waals surface area contributed by atoms with E-state index in [1.54, 1.807) is 18.3 Å². The Labute approximate surface area is 152 Å². The van der Waals surface area contributed by atoms with E-state index in [0.29, 0.717) is 11.1 Å². The molecule has 0 radical (unpaired) electrons. The lowest BCUT2D eigenvalue weighted by atomic mass is 10.1. The topological polar surface area (TPSA) is 80.2 Å². The van der Waals surface area contributed by atoms with Gasteiger partial charge in [-0.25, -0.2) is 9.97 Å². The van der Waals surface area contributed by atoms with Crippen molar-refractivity contribution in [3.8, 4) is 10.6 Å². The Hall–Kier alpha value is -1.87. The fourth-order valence-electron chi connectivity index (χ4n) is 2.81. The number of benzene rings is 2. The molecule has 5 nitrogen and oxygen atoms in total. The van der Waals surface area contributed by atoms with Crippen molar-refractivity contribution in [2.75, 3.05) is 0 Å². The minimum atomic E-state index is -4.28. The van der Waals surface area contributed by atoms with E-state index in [4.69, 9.17) is 0 Å². The van der Waals surface area contributed by atoms with Crippen LogP contribution >= 0.6 is 22.7 Å². The highest BCUT2D eigenvalue weighted by atomic mass is 32.2. The molecule has 8 heteroatoms. The van der Waals surface area contributed by atoms with Crippen molar-refractivity contribution >= 4 is 53.2 Å². The van der Waals surface area contributed by atoms with Gasteiger partial charge in [-0.15, -0.1) is 22.7 Å². The van der Waals surface area contributed by atoms with E-state index in [-0.39, 0.29) is 4.90 Å². The molecule has 0 aliphatic heterocycles. The first-order valence-electron chi connectivity index (χ1n) is 7.49. The number of hydrogen-bond donors (Lipinski definition) is 1. The van der Waals surface area contributed by atoms with Gasteiger partial charge in [0.1, 0.15) is 5.01 Å². The van der Waals surface area contributed by atoms with Crippen molar-refractivity contribution in [3.63, 3.8) is 0 Å². The number of aromatic nitrogens is 2. The van der Waals surface area contributed by atoms with Crippen molar-refractivity contribution in [1.29, 1.82) is 0 Å². The molecular weight excluding hydrogens is 376 g/mol. The summed E-state index contributed by atoms with van der Waals surface area (Å²) in [5.74, 6) is 0. The summed E-state index contributed by atoms with van der Waals surface area (Å²) >= 11 is 3.11. The lowest BCUT2D eigenvalue weighted by molar-refractivity contribution is 0.482. The fraction of sp³-hybridized carbons (Fsp3) is 0.176. The Kier molecular flexibility index (Phi) is 3.69. The number of thiazole rings is 2. The largest absolute Gasteiger partial charge is 0.294 e. The van der Waals surface area contributed by atoms with E-state index in [2.05, 4.69) is 9.97 Å². The van der Waals surface area contributed by atoms with Gasteiger partial charge in [-0.3, -0.25) is 4.55 Å². The van der Waals surface area contributed by atoms with Crippen molar-refractivity contribution < 1.29 is 13.0 Å². The smallest absolute Gasteiger partial charge is 0.282 e. The number of fused-ring (bicyclic) bond motifs is 2. The molecule has 0 aliphatic carbocycles. The minimum absolute atomic E-state index is 0.0694. The van der Waals surface area contributed by atoms with E-state index in [1.807, 2.05) is 32.0 Å². The summed E-state index contributed by atoms with van der Waals surface area (Å²) in [6.45, 7) is 5.48. The lowest BCUT2D eigenvalue weighted by Gasteiger charge is -2.08. The quantitative estimate of drug-likeness (QED) is 0.500. The van der Waals surface area contributed by atoms with Crippen LogP contribution in [-0.2, 0) is 10.1 Å². The molecule has 2 aromatic carbocycles. The third kappa shape index (κ3) is 2.85. The first-order valence-corrected chi connectivity index (χ1v) is 10.6. The normalized spacial score (nSPS) is 12.3. The van der Waals surface area contributed by atoms with Crippen molar-refractivity contribution in [3.05, 3.63) is 40.4 Å². The van der Waals surface area contributed by atoms with Gasteiger partial charge in [0.05, 0.1) is 30.3 Å². The summed E-state index contributed by atoms with van der Waals surface area (Å²) < 4.78 is 34.9. The predicted octanol–water partition coefficient (Wildman–Crippen LogP) is 4.74. The number of aryl methyl sites for hydroxylation is 2. The van der Waals surface area contributed by atoms with Crippen molar-refractivity contribution in [2.45, 2.75) is 25.7 Å². The van der Waals surface area contributed by atoms with Crippen LogP contribution < -0.4 is 0 Å². The van der Waals surface area contributed by atoms with Crippen LogP contribution in [0.2, 0.25) is 0 Å². The summed E-state index contributed by atoms with van der Waals surface area (Å²) in [4.78, 5) is 9.09. The van der Waals surface area contributed by atoms with Crippen LogP contribution in [0.1, 0.15) is 16.1 Å². The van der Waals surface area contributed by atoms with Gasteiger partial charge in [-0.05, 0) is 56.2 Å². The highest BCUT2D eigenvalue weighted by Gasteiger charge is 2.18. The maximum absolute atomic E-state index is 11.6. The van der Waals surface area contributed by atoms with Gasteiger partial charge in [0, 0.05) is 5.56 Å². The SMILES string of the molecule is Cc1nc2cc3sc(-c4cc(C)c(C)c(S(=O)(=O)O)c4)nc3cc2s1. The van der Waals surface area contributed by atoms with E-state index in [0.717, 1.165) is 36.0 Å². The van der Waals surface area contributed by atoms with Crippen molar-refractivity contribution in [2.24, 2.45) is 0 Å². The monoisotopic (exact) mass is 390 g/mol. The highest BCUT2D eigenvalue weighted by Crippen LogP contribution is 2.36. The lowest BCUT2D eigenvalue weighted by Crippen LogP contribution is -2.02. The molecular formula is C17H14N2O3S3. The zero-order valence-electron chi connectivity index (χ0n) is 13.7. The second-order valence-corrected chi connectivity index (χ2v) is 9.59. The molecule has 1 N–H and O–H groups in total. The molecule has 128 valence electrons. The summed E-state index contributed by atoms with van der Waals surface area (Å²) in [5.41, 5.74) is 3.84. The van der Waals surface area contributed by atoms with Gasteiger partial charge in [0.2, 0.25) is 0 Å². The summed E-state index contributed by atoms with van der Waals surface area (Å²) in [5, 5.41) is 1.73. The van der Waals surface area contributed by atoms with Gasteiger partial charge in [-0.1, -0.05) is 0 Å². The molecule has 2 aromatic heterocycles. The molecule has 0 saturated carbocycles. The maximum atomic E-state index is 11.6. The third-order valence-electron chi connectivity index (χ3n) is 4.15. The molecule has 4 aromatic rings. The summed E-state index contributed by atoms with van der Waals surface area (Å²) in [6.07, 6.45) is 0. The fourth-order valence-corrected chi connectivity index (χ4v) is 5.44. The van der Waals surface area contributed by atoms with Gasteiger partial charge < -0.3 is 0 Å². The minimum Gasteiger partial charge on any atom is -0.282 e. The standard InChI is InChI=1S/C17H14N2O3S3/c1-8-4-11(5-16(9(8)2)25(20,21)22)17-19-13-7-14-12(6-15(13)24-17)18-10(3)23-14/h4-7H,1-3H3,(H,20,21,22). The molecule has 0 amide bonds. The van der Waals surface area contributed by atoms with E-state index in [9.17, 15) is 13.0 Å². The van der Waals surface area contributed by atoms with Crippen molar-refractivity contribution in [1.82, 2.24) is 9.97 Å². The molecule has 25 heavy (non-hydrogen) atoms. The zero-order valence-corrected chi connectivity index (χ0v) is 16.1. The van der Waals surface area contributed by atoms with E-state index >= 15 is 0 Å². The second-order valence-electron chi connectivity index (χ2n) is 5.93. The van der Waals surface area contributed by atoms with Gasteiger partial charge in [-0.2, -0.15) is 8.42 Å². The van der Waals surface area contributed by atoms with Crippen LogP contribution in [0, 0.1) is 20.8 Å². The Morgan fingerprint density at radius 3 is 2.24 bits per heavy atom. The van der Waals surface area contributed by atoms with Crippen LogP contribution in [0.25, 0.3) is 31.0 Å². The first-order chi connectivity index (χ1) is 11.7. The predicted molar refractivity (Wildman–Crippen MR) is 102 cm³/mol. The molecule has 2 heterocycles. The van der Waals surface area contributed by atoms with Crippen LogP contribution in [0.3, 0.4) is 0 Å². The zero-order chi connectivity index (χ0) is 17.9. The molecule has 0 atom stereocenters. The van der Waals surface area contributed by atoms with Crippen LogP contribution in [0.4, 0.5) is 0 Å². The third-order valence-corrected chi connectivity index (χ3v) is 7.13. The molecule has 0 fully saturated rings. The maximum Gasteiger partial charge on any atom is 0.294 e. The first kappa shape index (κ1) is 16.6. The molecule has 0 aliphatic rings. The average molecular weight is 391 g/mol. The second kappa shape index (κ2) is 5.57. The Bertz CT molecular complexity index is 1200. The molecule has 0 bridgehead atoms. The van der Waals surface area contributed by atoms with Gasteiger partial charge >= 0.3 is 0 Å². The Balaban J connectivity index is 1.93. The number of hydrogen-bond acceptors (Lipinski definition) is 6. The van der Waals surface area contributed by atoms with Crippen LogP contribution in [0.15, 0.2) is 29.2 Å².